The third kappa shape index (κ3) is 2.95. The number of hydrogen-bond donors (Lipinski definition) is 1. The minimum absolute atomic E-state index is 0.0439. The predicted molar refractivity (Wildman–Crippen MR) is 72.0 cm³/mol. The number of nitrogens with zero attached hydrogens (tertiary/aromatic N) is 2. The quantitative estimate of drug-likeness (QED) is 0.885. The zero-order chi connectivity index (χ0) is 13.9. The van der Waals surface area contributed by atoms with Crippen molar-refractivity contribution in [2.75, 3.05) is 19.6 Å². The standard InChI is InChI=1S/C13H17N3O2S/c1-11-10-15-8-9-16(11)19(17,18)13-4-2-12(3-5-13)6-7-14/h2-5,11,15H,6,8-10H2,1H3/t11-/m0/s1. The number of hydrogen-bond acceptors (Lipinski definition) is 4. The Morgan fingerprint density at radius 2 is 2.11 bits per heavy atom. The molecule has 1 fully saturated rings. The van der Waals surface area contributed by atoms with E-state index in [1.807, 2.05) is 13.0 Å². The van der Waals surface area contributed by atoms with E-state index in [9.17, 15) is 8.42 Å². The molecular weight excluding hydrogens is 262 g/mol. The largest absolute Gasteiger partial charge is 0.314 e. The molecule has 0 saturated carbocycles. The minimum Gasteiger partial charge on any atom is -0.314 e. The maximum Gasteiger partial charge on any atom is 0.243 e. The molecule has 1 aliphatic rings. The summed E-state index contributed by atoms with van der Waals surface area (Å²) in [6.45, 7) is 3.74. The van der Waals surface area contributed by atoms with E-state index in [2.05, 4.69) is 5.32 Å². The lowest BCUT2D eigenvalue weighted by molar-refractivity contribution is 0.284. The van der Waals surface area contributed by atoms with Crippen LogP contribution < -0.4 is 5.32 Å². The maximum absolute atomic E-state index is 12.5. The average molecular weight is 279 g/mol. The number of nitriles is 1. The van der Waals surface area contributed by atoms with E-state index >= 15 is 0 Å². The van der Waals surface area contributed by atoms with Crippen molar-refractivity contribution in [2.24, 2.45) is 0 Å². The zero-order valence-corrected chi connectivity index (χ0v) is 11.7. The Bertz CT molecular complexity index is 575. The first-order valence-electron chi connectivity index (χ1n) is 6.24. The summed E-state index contributed by atoms with van der Waals surface area (Å²) in [7, 11) is -3.43. The summed E-state index contributed by atoms with van der Waals surface area (Å²) in [6.07, 6.45) is 0.296. The van der Waals surface area contributed by atoms with E-state index in [1.165, 1.54) is 4.31 Å². The number of benzene rings is 1. The fraction of sp³-hybridized carbons (Fsp3) is 0.462. The lowest BCUT2D eigenvalue weighted by Crippen LogP contribution is -2.52. The summed E-state index contributed by atoms with van der Waals surface area (Å²) < 4.78 is 26.5. The Labute approximate surface area is 113 Å². The van der Waals surface area contributed by atoms with E-state index in [0.717, 1.165) is 5.56 Å². The Hall–Kier alpha value is -1.42. The lowest BCUT2D eigenvalue weighted by atomic mass is 10.2. The average Bonchev–Trinajstić information content (AvgIpc) is 2.40. The molecule has 6 heteroatoms. The van der Waals surface area contributed by atoms with Gasteiger partial charge in [0.25, 0.3) is 0 Å². The van der Waals surface area contributed by atoms with Gasteiger partial charge in [-0.3, -0.25) is 0 Å². The smallest absolute Gasteiger partial charge is 0.243 e. The first-order chi connectivity index (χ1) is 9.05. The molecule has 102 valence electrons. The molecule has 1 N–H and O–H groups in total. The van der Waals surface area contributed by atoms with Crippen LogP contribution in [0.2, 0.25) is 0 Å². The van der Waals surface area contributed by atoms with Crippen LogP contribution in [0.25, 0.3) is 0 Å². The third-order valence-electron chi connectivity index (χ3n) is 3.25. The molecule has 2 rings (SSSR count). The second-order valence-corrected chi connectivity index (χ2v) is 6.54. The monoisotopic (exact) mass is 279 g/mol. The maximum atomic E-state index is 12.5. The van der Waals surface area contributed by atoms with Gasteiger partial charge in [0.15, 0.2) is 0 Å². The van der Waals surface area contributed by atoms with Gasteiger partial charge in [-0.05, 0) is 24.6 Å². The summed E-state index contributed by atoms with van der Waals surface area (Å²) in [5.74, 6) is 0. The van der Waals surface area contributed by atoms with Crippen LogP contribution in [0.15, 0.2) is 29.2 Å². The van der Waals surface area contributed by atoms with Crippen LogP contribution in [0.1, 0.15) is 12.5 Å². The number of rotatable bonds is 3. The van der Waals surface area contributed by atoms with Crippen LogP contribution in [0.4, 0.5) is 0 Å². The Kier molecular flexibility index (Phi) is 4.20. The lowest BCUT2D eigenvalue weighted by Gasteiger charge is -2.32. The Balaban J connectivity index is 2.26. The van der Waals surface area contributed by atoms with Crippen molar-refractivity contribution in [2.45, 2.75) is 24.3 Å². The number of nitrogens with one attached hydrogen (secondary N) is 1. The Morgan fingerprint density at radius 1 is 1.42 bits per heavy atom. The minimum atomic E-state index is -3.43. The van der Waals surface area contributed by atoms with Gasteiger partial charge in [0, 0.05) is 25.7 Å². The highest BCUT2D eigenvalue weighted by molar-refractivity contribution is 7.89. The molecule has 1 atom stereocenters. The van der Waals surface area contributed by atoms with Gasteiger partial charge in [-0.1, -0.05) is 12.1 Å². The SMILES string of the molecule is C[C@H]1CNCCN1S(=O)(=O)c1ccc(CC#N)cc1. The van der Waals surface area contributed by atoms with E-state index in [4.69, 9.17) is 5.26 Å². The van der Waals surface area contributed by atoms with Crippen LogP contribution in [0, 0.1) is 11.3 Å². The van der Waals surface area contributed by atoms with Crippen molar-refractivity contribution in [3.05, 3.63) is 29.8 Å². The highest BCUT2D eigenvalue weighted by atomic mass is 32.2. The second-order valence-electron chi connectivity index (χ2n) is 4.65. The van der Waals surface area contributed by atoms with Crippen LogP contribution in [-0.2, 0) is 16.4 Å². The molecule has 0 radical (unpaired) electrons. The zero-order valence-electron chi connectivity index (χ0n) is 10.8. The summed E-state index contributed by atoms with van der Waals surface area (Å²) >= 11 is 0. The summed E-state index contributed by atoms with van der Waals surface area (Å²) in [6, 6.07) is 8.56. The van der Waals surface area contributed by atoms with E-state index < -0.39 is 10.0 Å². The van der Waals surface area contributed by atoms with Gasteiger partial charge >= 0.3 is 0 Å². The van der Waals surface area contributed by atoms with Gasteiger partial charge in [0.05, 0.1) is 17.4 Å². The third-order valence-corrected chi connectivity index (χ3v) is 5.28. The van der Waals surface area contributed by atoms with Gasteiger partial charge in [-0.25, -0.2) is 8.42 Å². The van der Waals surface area contributed by atoms with Gasteiger partial charge in [0.1, 0.15) is 0 Å². The molecule has 0 spiro atoms. The van der Waals surface area contributed by atoms with Crippen molar-refractivity contribution < 1.29 is 8.42 Å². The molecule has 1 aliphatic heterocycles. The van der Waals surface area contributed by atoms with Crippen LogP contribution >= 0.6 is 0 Å². The molecule has 0 aliphatic carbocycles. The van der Waals surface area contributed by atoms with Gasteiger partial charge in [0.2, 0.25) is 10.0 Å². The van der Waals surface area contributed by atoms with E-state index in [0.29, 0.717) is 31.0 Å². The molecule has 1 aromatic rings. The molecule has 0 amide bonds. The molecule has 0 bridgehead atoms. The molecule has 1 saturated heterocycles. The van der Waals surface area contributed by atoms with Crippen molar-refractivity contribution in [1.29, 1.82) is 5.26 Å². The number of piperazine rings is 1. The molecule has 0 aromatic heterocycles. The van der Waals surface area contributed by atoms with E-state index in [-0.39, 0.29) is 6.04 Å². The predicted octanol–water partition coefficient (Wildman–Crippen LogP) is 0.735. The highest BCUT2D eigenvalue weighted by Gasteiger charge is 2.30. The van der Waals surface area contributed by atoms with Crippen molar-refractivity contribution >= 4 is 10.0 Å². The number of sulfonamides is 1. The summed E-state index contributed by atoms with van der Waals surface area (Å²) in [5, 5.41) is 11.8. The fourth-order valence-corrected chi connectivity index (χ4v) is 3.82. The van der Waals surface area contributed by atoms with E-state index in [1.54, 1.807) is 24.3 Å². The summed E-state index contributed by atoms with van der Waals surface area (Å²) in [5.41, 5.74) is 0.829. The van der Waals surface area contributed by atoms with Crippen LogP contribution in [0.5, 0.6) is 0 Å². The molecule has 5 nitrogen and oxygen atoms in total. The first kappa shape index (κ1) is 14.0. The van der Waals surface area contributed by atoms with Gasteiger partial charge < -0.3 is 5.32 Å². The van der Waals surface area contributed by atoms with Crippen LogP contribution in [0.3, 0.4) is 0 Å². The molecule has 1 aromatic carbocycles. The molecular formula is C13H17N3O2S. The van der Waals surface area contributed by atoms with Crippen molar-refractivity contribution in [3.8, 4) is 6.07 Å². The highest BCUT2D eigenvalue weighted by Crippen LogP contribution is 2.19. The summed E-state index contributed by atoms with van der Waals surface area (Å²) in [4.78, 5) is 0.294. The van der Waals surface area contributed by atoms with Crippen molar-refractivity contribution in [3.63, 3.8) is 0 Å². The molecule has 19 heavy (non-hydrogen) atoms. The topological polar surface area (TPSA) is 73.2 Å². The van der Waals surface area contributed by atoms with Gasteiger partial charge in [-0.15, -0.1) is 0 Å². The fourth-order valence-electron chi connectivity index (χ4n) is 2.19. The van der Waals surface area contributed by atoms with Gasteiger partial charge in [-0.2, -0.15) is 9.57 Å². The molecule has 1 heterocycles. The molecule has 0 unspecified atom stereocenters. The van der Waals surface area contributed by atoms with Crippen molar-refractivity contribution in [1.82, 2.24) is 9.62 Å². The van der Waals surface area contributed by atoms with Crippen LogP contribution in [-0.4, -0.2) is 38.4 Å². The normalized spacial score (nSPS) is 20.9. The second kappa shape index (κ2) is 5.70. The first-order valence-corrected chi connectivity index (χ1v) is 7.68. The Morgan fingerprint density at radius 3 is 2.68 bits per heavy atom.